The number of hydrogen-bond donors (Lipinski definition) is 1. The highest BCUT2D eigenvalue weighted by molar-refractivity contribution is 5.92. The largest absolute Gasteiger partial charge is 0.469 e. The van der Waals surface area contributed by atoms with Crippen LogP contribution in [-0.2, 0) is 9.53 Å². The van der Waals surface area contributed by atoms with Gasteiger partial charge < -0.3 is 4.74 Å². The molecule has 0 aromatic heterocycles. The lowest BCUT2D eigenvalue weighted by Gasteiger charge is -2.10. The van der Waals surface area contributed by atoms with Gasteiger partial charge in [0.05, 0.1) is 29.4 Å². The van der Waals surface area contributed by atoms with Gasteiger partial charge in [0.15, 0.2) is 0 Å². The molecular formula is C12H11F3N4O6. The summed E-state index contributed by atoms with van der Waals surface area (Å²) >= 11 is 0. The Hall–Kier alpha value is -3.25. The van der Waals surface area contributed by atoms with Crippen LogP contribution in [0.15, 0.2) is 23.3 Å². The first-order valence-electron chi connectivity index (χ1n) is 6.45. The van der Waals surface area contributed by atoms with Crippen molar-refractivity contribution in [1.82, 2.24) is 0 Å². The number of ether oxygens (including phenoxy) is 1. The molecule has 0 amide bonds. The van der Waals surface area contributed by atoms with Crippen molar-refractivity contribution in [2.24, 2.45) is 5.10 Å². The molecule has 10 nitrogen and oxygen atoms in total. The first-order chi connectivity index (χ1) is 11.6. The number of nitrogens with one attached hydrogen (secondary N) is 1. The number of carbonyl (C=O) groups is 1. The van der Waals surface area contributed by atoms with E-state index in [2.05, 4.69) is 9.84 Å². The predicted molar refractivity (Wildman–Crippen MR) is 78.1 cm³/mol. The van der Waals surface area contributed by atoms with E-state index in [9.17, 15) is 38.2 Å². The van der Waals surface area contributed by atoms with Crippen LogP contribution in [0.4, 0.5) is 30.2 Å². The van der Waals surface area contributed by atoms with Crippen LogP contribution in [0.2, 0.25) is 0 Å². The zero-order valence-corrected chi connectivity index (χ0v) is 12.6. The van der Waals surface area contributed by atoms with Crippen LogP contribution in [0.25, 0.3) is 0 Å². The van der Waals surface area contributed by atoms with E-state index in [0.717, 1.165) is 19.2 Å². The number of halogens is 3. The van der Waals surface area contributed by atoms with Crippen molar-refractivity contribution in [3.05, 3.63) is 38.4 Å². The predicted octanol–water partition coefficient (Wildman–Crippen LogP) is 2.79. The lowest BCUT2D eigenvalue weighted by Crippen LogP contribution is -2.25. The molecule has 0 aliphatic rings. The Labute approximate surface area is 137 Å². The molecule has 0 spiro atoms. The van der Waals surface area contributed by atoms with Crippen molar-refractivity contribution in [3.63, 3.8) is 0 Å². The van der Waals surface area contributed by atoms with Crippen LogP contribution in [0, 0.1) is 20.2 Å². The molecule has 0 saturated carbocycles. The summed E-state index contributed by atoms with van der Waals surface area (Å²) in [5.74, 6) is -0.890. The average Bonchev–Trinajstić information content (AvgIpc) is 2.52. The monoisotopic (exact) mass is 364 g/mol. The van der Waals surface area contributed by atoms with Crippen molar-refractivity contribution < 1.29 is 32.5 Å². The molecule has 1 aromatic carbocycles. The third-order valence-corrected chi connectivity index (χ3v) is 2.82. The quantitative estimate of drug-likeness (QED) is 0.340. The van der Waals surface area contributed by atoms with Gasteiger partial charge in [-0.15, -0.1) is 0 Å². The summed E-state index contributed by atoms with van der Waals surface area (Å²) in [6, 6.07) is 2.31. The standard InChI is InChI=1S/C12H11F3N4O6/c1-25-11(20)5-4-10(12(13,14)15)17-16-8-3-2-7(18(21)22)6-9(8)19(23)24/h2-3,6,16H,4-5H2,1H3/b17-10+. The smallest absolute Gasteiger partial charge is 0.431 e. The summed E-state index contributed by atoms with van der Waals surface area (Å²) in [7, 11) is 1.01. The molecule has 13 heteroatoms. The van der Waals surface area contributed by atoms with E-state index in [1.165, 1.54) is 0 Å². The first kappa shape index (κ1) is 19.8. The van der Waals surface area contributed by atoms with E-state index < -0.39 is 57.6 Å². The van der Waals surface area contributed by atoms with Gasteiger partial charge in [-0.3, -0.25) is 30.4 Å². The Morgan fingerprint density at radius 2 is 1.88 bits per heavy atom. The summed E-state index contributed by atoms with van der Waals surface area (Å²) < 4.78 is 42.8. The molecule has 1 rings (SSSR count). The molecule has 0 heterocycles. The molecule has 0 radical (unpaired) electrons. The van der Waals surface area contributed by atoms with Gasteiger partial charge in [0.1, 0.15) is 11.4 Å². The molecule has 0 aliphatic heterocycles. The lowest BCUT2D eigenvalue weighted by molar-refractivity contribution is -0.393. The number of carbonyl (C=O) groups excluding carboxylic acids is 1. The number of alkyl halides is 3. The number of nitrogens with zero attached hydrogens (tertiary/aromatic N) is 3. The molecule has 0 aliphatic carbocycles. The van der Waals surface area contributed by atoms with Gasteiger partial charge in [-0.05, 0) is 6.07 Å². The fourth-order valence-electron chi connectivity index (χ4n) is 1.59. The van der Waals surface area contributed by atoms with Gasteiger partial charge in [-0.25, -0.2) is 0 Å². The van der Waals surface area contributed by atoms with Crippen molar-refractivity contribution >= 4 is 28.7 Å². The van der Waals surface area contributed by atoms with E-state index >= 15 is 0 Å². The number of hydrogen-bond acceptors (Lipinski definition) is 8. The van der Waals surface area contributed by atoms with E-state index in [-0.39, 0.29) is 0 Å². The van der Waals surface area contributed by atoms with Crippen molar-refractivity contribution in [2.45, 2.75) is 19.0 Å². The van der Waals surface area contributed by atoms with E-state index in [1.807, 2.05) is 5.43 Å². The highest BCUT2D eigenvalue weighted by Gasteiger charge is 2.36. The summed E-state index contributed by atoms with van der Waals surface area (Å²) in [6.07, 6.45) is -6.31. The highest BCUT2D eigenvalue weighted by atomic mass is 19.4. The van der Waals surface area contributed by atoms with E-state index in [4.69, 9.17) is 0 Å². The third-order valence-electron chi connectivity index (χ3n) is 2.82. The molecule has 0 saturated heterocycles. The van der Waals surface area contributed by atoms with Crippen LogP contribution < -0.4 is 5.43 Å². The van der Waals surface area contributed by atoms with Crippen molar-refractivity contribution in [3.8, 4) is 0 Å². The Morgan fingerprint density at radius 1 is 1.24 bits per heavy atom. The second-order valence-electron chi connectivity index (χ2n) is 4.46. The van der Waals surface area contributed by atoms with Crippen LogP contribution in [-0.4, -0.2) is 34.8 Å². The fourth-order valence-corrected chi connectivity index (χ4v) is 1.59. The minimum absolute atomic E-state index is 0.476. The number of nitro benzene ring substituents is 2. The molecule has 0 fully saturated rings. The van der Waals surface area contributed by atoms with E-state index in [0.29, 0.717) is 6.07 Å². The summed E-state index contributed by atoms with van der Waals surface area (Å²) in [5, 5.41) is 24.6. The molecule has 0 bridgehead atoms. The normalized spacial score (nSPS) is 11.8. The van der Waals surface area contributed by atoms with Crippen molar-refractivity contribution in [1.29, 1.82) is 0 Å². The summed E-state index contributed by atoms with van der Waals surface area (Å²) in [4.78, 5) is 30.6. The number of non-ortho nitro benzene ring substituents is 1. The van der Waals surface area contributed by atoms with Crippen molar-refractivity contribution in [2.75, 3.05) is 12.5 Å². The van der Waals surface area contributed by atoms with Gasteiger partial charge in [0, 0.05) is 12.5 Å². The van der Waals surface area contributed by atoms with Gasteiger partial charge >= 0.3 is 17.8 Å². The lowest BCUT2D eigenvalue weighted by atomic mass is 10.2. The maximum atomic E-state index is 12.9. The molecular weight excluding hydrogens is 353 g/mol. The summed E-state index contributed by atoms with van der Waals surface area (Å²) in [6.45, 7) is 0. The highest BCUT2D eigenvalue weighted by Crippen LogP contribution is 2.29. The molecule has 136 valence electrons. The first-order valence-corrected chi connectivity index (χ1v) is 6.45. The minimum Gasteiger partial charge on any atom is -0.469 e. The van der Waals surface area contributed by atoms with Gasteiger partial charge in [-0.2, -0.15) is 18.3 Å². The molecule has 25 heavy (non-hydrogen) atoms. The van der Waals surface area contributed by atoms with Crippen LogP contribution in [0.1, 0.15) is 12.8 Å². The molecule has 1 N–H and O–H groups in total. The molecule has 1 aromatic rings. The average molecular weight is 364 g/mol. The summed E-state index contributed by atoms with van der Waals surface area (Å²) in [5.41, 5.74) is -1.45. The number of methoxy groups -OCH3 is 1. The number of hydrazone groups is 1. The Balaban J connectivity index is 3.11. The van der Waals surface area contributed by atoms with Gasteiger partial charge in [0.2, 0.25) is 0 Å². The number of nitro groups is 2. The SMILES string of the molecule is COC(=O)CC/C(=N\Nc1ccc([N+](=O)[O-])cc1[N+](=O)[O-])C(F)(F)F. The van der Waals surface area contributed by atoms with E-state index in [1.54, 1.807) is 0 Å². The maximum Gasteiger partial charge on any atom is 0.431 e. The second-order valence-corrected chi connectivity index (χ2v) is 4.46. The van der Waals surface area contributed by atoms with Gasteiger partial charge in [0.25, 0.3) is 5.69 Å². The Kier molecular flexibility index (Phi) is 6.36. The molecule has 0 atom stereocenters. The number of benzene rings is 1. The number of anilines is 1. The fraction of sp³-hybridized carbons (Fsp3) is 0.333. The van der Waals surface area contributed by atoms with Gasteiger partial charge in [-0.1, -0.05) is 0 Å². The topological polar surface area (TPSA) is 137 Å². The van der Waals surface area contributed by atoms with Crippen LogP contribution >= 0.6 is 0 Å². The second kappa shape index (κ2) is 8.03. The molecule has 0 unspecified atom stereocenters. The minimum atomic E-state index is -4.89. The van der Waals surface area contributed by atoms with Crippen LogP contribution in [0.5, 0.6) is 0 Å². The zero-order valence-electron chi connectivity index (χ0n) is 12.6. The number of rotatable bonds is 7. The number of esters is 1. The zero-order chi connectivity index (χ0) is 19.2. The Bertz CT molecular complexity index is 719. The third kappa shape index (κ3) is 5.71. The Morgan fingerprint density at radius 3 is 2.36 bits per heavy atom. The van der Waals surface area contributed by atoms with Crippen LogP contribution in [0.3, 0.4) is 0 Å². The maximum absolute atomic E-state index is 12.9.